The summed E-state index contributed by atoms with van der Waals surface area (Å²) in [5.41, 5.74) is 8.05. The first-order valence-corrected chi connectivity index (χ1v) is 5.32. The minimum absolute atomic E-state index is 0.0359. The number of hydrogen-bond acceptors (Lipinski definition) is 4. The van der Waals surface area contributed by atoms with Crippen molar-refractivity contribution in [2.45, 2.75) is 18.3 Å². The number of carbonyl (C=O) groups is 1. The number of ether oxygens (including phenoxy) is 2. The Morgan fingerprint density at radius 3 is 2.88 bits per heavy atom. The Kier molecular flexibility index (Phi) is 1.73. The highest BCUT2D eigenvalue weighted by Crippen LogP contribution is 2.58. The second-order valence-electron chi connectivity index (χ2n) is 4.47. The molecule has 16 heavy (non-hydrogen) atoms. The molecule has 0 atom stereocenters. The largest absolute Gasteiger partial charge is 0.490 e. The number of nitrogen functional groups attached to an aromatic ring is 1. The van der Waals surface area contributed by atoms with E-state index in [0.29, 0.717) is 23.6 Å². The van der Waals surface area contributed by atoms with Crippen molar-refractivity contribution in [3.63, 3.8) is 0 Å². The van der Waals surface area contributed by atoms with Gasteiger partial charge in [0.2, 0.25) is 0 Å². The van der Waals surface area contributed by atoms with Gasteiger partial charge in [0.15, 0.2) is 0 Å². The molecule has 1 aromatic carbocycles. The topological polar surface area (TPSA) is 61.5 Å². The number of esters is 1. The summed E-state index contributed by atoms with van der Waals surface area (Å²) < 4.78 is 10.4. The molecule has 0 amide bonds. The van der Waals surface area contributed by atoms with E-state index in [9.17, 15) is 4.79 Å². The lowest BCUT2D eigenvalue weighted by Crippen LogP contribution is -2.13. The maximum atomic E-state index is 11.7. The van der Waals surface area contributed by atoms with Crippen molar-refractivity contribution in [2.75, 3.05) is 19.5 Å². The predicted octanol–water partition coefficient (Wildman–Crippen LogP) is 1.48. The molecule has 0 unspecified atom stereocenters. The lowest BCUT2D eigenvalue weighted by Gasteiger charge is -2.10. The van der Waals surface area contributed by atoms with Gasteiger partial charge in [-0.05, 0) is 25.0 Å². The monoisotopic (exact) mass is 219 g/mol. The molecule has 0 bridgehead atoms. The molecule has 84 valence electrons. The van der Waals surface area contributed by atoms with Crippen molar-refractivity contribution < 1.29 is 14.3 Å². The molecular weight excluding hydrogens is 206 g/mol. The molecule has 0 radical (unpaired) electrons. The van der Waals surface area contributed by atoms with Gasteiger partial charge in [-0.1, -0.05) is 0 Å². The Balaban J connectivity index is 2.21. The molecule has 1 aliphatic carbocycles. The summed E-state index contributed by atoms with van der Waals surface area (Å²) in [5.74, 6) is 0.369. The fourth-order valence-electron chi connectivity index (χ4n) is 2.39. The van der Waals surface area contributed by atoms with Crippen LogP contribution in [0.3, 0.4) is 0 Å². The number of nitrogens with two attached hydrogens (primary N) is 1. The van der Waals surface area contributed by atoms with E-state index >= 15 is 0 Å². The minimum Gasteiger partial charge on any atom is -0.490 e. The third-order valence-electron chi connectivity index (χ3n) is 3.47. The van der Waals surface area contributed by atoms with Crippen LogP contribution in [0.15, 0.2) is 12.1 Å². The SMILES string of the molecule is COC(=O)c1ccc(N)c2c1C1(CC1)CO2. The van der Waals surface area contributed by atoms with Crippen LogP contribution < -0.4 is 10.5 Å². The van der Waals surface area contributed by atoms with Gasteiger partial charge >= 0.3 is 5.97 Å². The molecule has 3 rings (SSSR count). The molecule has 1 fully saturated rings. The maximum Gasteiger partial charge on any atom is 0.338 e. The van der Waals surface area contributed by atoms with Gasteiger partial charge in [-0.25, -0.2) is 4.79 Å². The summed E-state index contributed by atoms with van der Waals surface area (Å²) in [7, 11) is 1.39. The fraction of sp³-hybridized carbons (Fsp3) is 0.417. The lowest BCUT2D eigenvalue weighted by molar-refractivity contribution is 0.0599. The van der Waals surface area contributed by atoms with Crippen molar-refractivity contribution in [2.24, 2.45) is 0 Å². The van der Waals surface area contributed by atoms with Crippen LogP contribution in [0.2, 0.25) is 0 Å². The van der Waals surface area contributed by atoms with Crippen LogP contribution >= 0.6 is 0 Å². The van der Waals surface area contributed by atoms with Crippen molar-refractivity contribution >= 4 is 11.7 Å². The van der Waals surface area contributed by atoms with E-state index < -0.39 is 0 Å². The van der Waals surface area contributed by atoms with E-state index in [1.807, 2.05) is 0 Å². The molecule has 4 nitrogen and oxygen atoms in total. The van der Waals surface area contributed by atoms with Gasteiger partial charge in [0.25, 0.3) is 0 Å². The van der Waals surface area contributed by atoms with Crippen LogP contribution in [0.1, 0.15) is 28.8 Å². The summed E-state index contributed by atoms with van der Waals surface area (Å²) in [5, 5.41) is 0. The third kappa shape index (κ3) is 1.07. The molecule has 1 spiro atoms. The van der Waals surface area contributed by atoms with Crippen LogP contribution in [-0.4, -0.2) is 19.7 Å². The number of hydrogen-bond donors (Lipinski definition) is 1. The minimum atomic E-state index is -0.312. The maximum absolute atomic E-state index is 11.7. The summed E-state index contributed by atoms with van der Waals surface area (Å²) in [6.07, 6.45) is 2.13. The number of rotatable bonds is 1. The van der Waals surface area contributed by atoms with E-state index in [1.54, 1.807) is 12.1 Å². The number of fused-ring (bicyclic) bond motifs is 2. The Morgan fingerprint density at radius 1 is 1.50 bits per heavy atom. The van der Waals surface area contributed by atoms with Crippen LogP contribution in [0.25, 0.3) is 0 Å². The highest BCUT2D eigenvalue weighted by molar-refractivity contribution is 5.94. The predicted molar refractivity (Wildman–Crippen MR) is 58.6 cm³/mol. The van der Waals surface area contributed by atoms with Gasteiger partial charge in [-0.2, -0.15) is 0 Å². The molecule has 1 aromatic rings. The summed E-state index contributed by atoms with van der Waals surface area (Å²) >= 11 is 0. The van der Waals surface area contributed by atoms with E-state index in [4.69, 9.17) is 15.2 Å². The summed E-state index contributed by atoms with van der Waals surface area (Å²) in [4.78, 5) is 11.7. The van der Waals surface area contributed by atoms with Gasteiger partial charge in [-0.3, -0.25) is 0 Å². The zero-order valence-electron chi connectivity index (χ0n) is 9.08. The highest BCUT2D eigenvalue weighted by atomic mass is 16.5. The first kappa shape index (κ1) is 9.51. The van der Waals surface area contributed by atoms with Gasteiger partial charge in [0, 0.05) is 11.0 Å². The normalized spacial score (nSPS) is 19.1. The molecule has 4 heteroatoms. The van der Waals surface area contributed by atoms with Gasteiger partial charge in [0.05, 0.1) is 25.0 Å². The van der Waals surface area contributed by atoms with Crippen molar-refractivity contribution in [1.29, 1.82) is 0 Å². The van der Waals surface area contributed by atoms with Crippen LogP contribution in [-0.2, 0) is 10.2 Å². The van der Waals surface area contributed by atoms with E-state index in [0.717, 1.165) is 18.4 Å². The Bertz CT molecular complexity index is 477. The smallest absolute Gasteiger partial charge is 0.338 e. The van der Waals surface area contributed by atoms with Gasteiger partial charge in [0.1, 0.15) is 5.75 Å². The molecule has 1 heterocycles. The van der Waals surface area contributed by atoms with Crippen molar-refractivity contribution in [1.82, 2.24) is 0 Å². The van der Waals surface area contributed by atoms with E-state index in [1.165, 1.54) is 7.11 Å². The molecule has 1 aliphatic heterocycles. The summed E-state index contributed by atoms with van der Waals surface area (Å²) in [6, 6.07) is 3.43. The second-order valence-corrected chi connectivity index (χ2v) is 4.47. The Labute approximate surface area is 93.3 Å². The third-order valence-corrected chi connectivity index (χ3v) is 3.47. The van der Waals surface area contributed by atoms with Gasteiger partial charge < -0.3 is 15.2 Å². The van der Waals surface area contributed by atoms with E-state index in [-0.39, 0.29) is 11.4 Å². The zero-order chi connectivity index (χ0) is 11.3. The molecular formula is C12H13NO3. The molecule has 2 N–H and O–H groups in total. The highest BCUT2D eigenvalue weighted by Gasteiger charge is 2.53. The number of carbonyl (C=O) groups excluding carboxylic acids is 1. The molecule has 1 saturated carbocycles. The molecule has 0 saturated heterocycles. The average molecular weight is 219 g/mol. The average Bonchev–Trinajstić information content (AvgIpc) is 2.96. The van der Waals surface area contributed by atoms with Crippen molar-refractivity contribution in [3.05, 3.63) is 23.3 Å². The molecule has 2 aliphatic rings. The fourth-order valence-corrected chi connectivity index (χ4v) is 2.39. The number of benzene rings is 1. The zero-order valence-corrected chi connectivity index (χ0v) is 9.08. The van der Waals surface area contributed by atoms with Crippen LogP contribution in [0.4, 0.5) is 5.69 Å². The van der Waals surface area contributed by atoms with Crippen LogP contribution in [0.5, 0.6) is 5.75 Å². The number of methoxy groups -OCH3 is 1. The van der Waals surface area contributed by atoms with Crippen molar-refractivity contribution in [3.8, 4) is 5.75 Å². The summed E-state index contributed by atoms with van der Waals surface area (Å²) in [6.45, 7) is 0.639. The van der Waals surface area contributed by atoms with Crippen LogP contribution in [0, 0.1) is 0 Å². The van der Waals surface area contributed by atoms with E-state index in [2.05, 4.69) is 0 Å². The first-order valence-electron chi connectivity index (χ1n) is 5.32. The lowest BCUT2D eigenvalue weighted by atomic mass is 9.92. The first-order chi connectivity index (χ1) is 7.68. The second kappa shape index (κ2) is 2.90. The quantitative estimate of drug-likeness (QED) is 0.574. The Hall–Kier alpha value is -1.71. The van der Waals surface area contributed by atoms with Gasteiger partial charge in [-0.15, -0.1) is 0 Å². The standard InChI is InChI=1S/C12H13NO3/c1-15-11(14)7-2-3-8(13)10-9(7)12(4-5-12)6-16-10/h2-3H,4-6,13H2,1H3. The Morgan fingerprint density at radius 2 is 2.25 bits per heavy atom. The molecule has 0 aromatic heterocycles. The number of anilines is 1.